The van der Waals surface area contributed by atoms with Crippen molar-refractivity contribution in [1.82, 2.24) is 9.78 Å². The second-order valence-electron chi connectivity index (χ2n) is 3.24. The molecule has 0 fully saturated rings. The third-order valence-electron chi connectivity index (χ3n) is 1.75. The highest BCUT2D eigenvalue weighted by Crippen LogP contribution is 1.97. The second-order valence-corrected chi connectivity index (χ2v) is 3.24. The van der Waals surface area contributed by atoms with E-state index in [1.807, 2.05) is 6.92 Å². The first-order chi connectivity index (χ1) is 7.11. The van der Waals surface area contributed by atoms with Crippen LogP contribution in [0.3, 0.4) is 0 Å². The first-order valence-corrected chi connectivity index (χ1v) is 4.78. The van der Waals surface area contributed by atoms with E-state index >= 15 is 0 Å². The highest BCUT2D eigenvalue weighted by atomic mass is 16.5. The van der Waals surface area contributed by atoms with Gasteiger partial charge in [0.25, 0.3) is 0 Å². The van der Waals surface area contributed by atoms with E-state index in [0.717, 1.165) is 5.56 Å². The molecule has 0 aromatic carbocycles. The Hall–Kier alpha value is -1.65. The van der Waals surface area contributed by atoms with Gasteiger partial charge >= 0.3 is 5.97 Å². The minimum Gasteiger partial charge on any atom is -0.466 e. The van der Waals surface area contributed by atoms with Gasteiger partial charge in [0.2, 0.25) is 0 Å². The fourth-order valence-corrected chi connectivity index (χ4v) is 1.16. The molecular formula is C10H14N2O3. The topological polar surface area (TPSA) is 61.2 Å². The number of ketones is 1. The molecule has 0 radical (unpaired) electrons. The number of aromatic nitrogens is 2. The standard InChI is InChI=1S/C10H14N2O3/c1-3-15-10(14)4-9(13)7-12-6-8(2)5-11-12/h5-6H,3-4,7H2,1-2H3. The summed E-state index contributed by atoms with van der Waals surface area (Å²) in [5.41, 5.74) is 0.985. The van der Waals surface area contributed by atoms with Crippen LogP contribution in [0, 0.1) is 6.92 Å². The SMILES string of the molecule is CCOC(=O)CC(=O)Cn1cc(C)cn1. The summed E-state index contributed by atoms with van der Waals surface area (Å²) in [5.74, 6) is -0.678. The molecule has 0 N–H and O–H groups in total. The zero-order valence-electron chi connectivity index (χ0n) is 8.90. The summed E-state index contributed by atoms with van der Waals surface area (Å²) < 4.78 is 6.18. The lowest BCUT2D eigenvalue weighted by Gasteiger charge is -2.01. The third kappa shape index (κ3) is 3.93. The van der Waals surface area contributed by atoms with Crippen LogP contribution in [0.15, 0.2) is 12.4 Å². The van der Waals surface area contributed by atoms with Crippen molar-refractivity contribution in [3.8, 4) is 0 Å². The van der Waals surface area contributed by atoms with Crippen LogP contribution in [-0.2, 0) is 20.9 Å². The first kappa shape index (κ1) is 11.4. The maximum atomic E-state index is 11.3. The summed E-state index contributed by atoms with van der Waals surface area (Å²) in [6.45, 7) is 4.01. The minimum atomic E-state index is -0.480. The van der Waals surface area contributed by atoms with Crippen LogP contribution in [0.25, 0.3) is 0 Å². The van der Waals surface area contributed by atoms with Crippen molar-refractivity contribution in [3.05, 3.63) is 18.0 Å². The Morgan fingerprint density at radius 3 is 2.80 bits per heavy atom. The predicted molar refractivity (Wildman–Crippen MR) is 53.2 cm³/mol. The van der Waals surface area contributed by atoms with Crippen molar-refractivity contribution in [2.45, 2.75) is 26.8 Å². The largest absolute Gasteiger partial charge is 0.466 e. The summed E-state index contributed by atoms with van der Waals surface area (Å²) in [6.07, 6.45) is 3.23. The quantitative estimate of drug-likeness (QED) is 0.530. The van der Waals surface area contributed by atoms with E-state index < -0.39 is 5.97 Å². The van der Waals surface area contributed by atoms with Gasteiger partial charge in [0, 0.05) is 6.20 Å². The zero-order chi connectivity index (χ0) is 11.3. The lowest BCUT2D eigenvalue weighted by molar-refractivity contribution is -0.145. The van der Waals surface area contributed by atoms with Crippen LogP contribution in [0.2, 0.25) is 0 Å². The Labute approximate surface area is 88.0 Å². The Kier molecular flexibility index (Phi) is 4.03. The number of Topliss-reactive ketones (excluding diaryl/α,β-unsaturated/α-hetero) is 1. The summed E-state index contributed by atoms with van der Waals surface area (Å²) >= 11 is 0. The summed E-state index contributed by atoms with van der Waals surface area (Å²) in [6, 6.07) is 0. The van der Waals surface area contributed by atoms with E-state index in [1.165, 1.54) is 4.68 Å². The Balaban J connectivity index is 2.39. The van der Waals surface area contributed by atoms with Crippen molar-refractivity contribution in [1.29, 1.82) is 0 Å². The highest BCUT2D eigenvalue weighted by Gasteiger charge is 2.10. The van der Waals surface area contributed by atoms with E-state index in [4.69, 9.17) is 0 Å². The highest BCUT2D eigenvalue weighted by molar-refractivity contribution is 5.95. The summed E-state index contributed by atoms with van der Waals surface area (Å²) in [4.78, 5) is 22.3. The van der Waals surface area contributed by atoms with E-state index in [2.05, 4.69) is 9.84 Å². The zero-order valence-corrected chi connectivity index (χ0v) is 8.90. The number of esters is 1. The van der Waals surface area contributed by atoms with Gasteiger partial charge in [-0.05, 0) is 19.4 Å². The number of carbonyl (C=O) groups excluding carboxylic acids is 2. The molecule has 0 spiro atoms. The molecule has 0 aliphatic rings. The number of hydrogen-bond donors (Lipinski definition) is 0. The number of ether oxygens (including phenoxy) is 1. The van der Waals surface area contributed by atoms with Gasteiger partial charge < -0.3 is 4.74 Å². The molecule has 15 heavy (non-hydrogen) atoms. The number of carbonyl (C=O) groups is 2. The molecule has 0 saturated carbocycles. The maximum absolute atomic E-state index is 11.3. The van der Waals surface area contributed by atoms with Gasteiger partial charge in [0.05, 0.1) is 12.8 Å². The molecule has 0 saturated heterocycles. The lowest BCUT2D eigenvalue weighted by Crippen LogP contribution is -2.16. The average Bonchev–Trinajstić information content (AvgIpc) is 2.51. The van der Waals surface area contributed by atoms with E-state index in [9.17, 15) is 9.59 Å². The van der Waals surface area contributed by atoms with E-state index in [-0.39, 0.29) is 18.7 Å². The van der Waals surface area contributed by atoms with Crippen molar-refractivity contribution in [2.75, 3.05) is 6.61 Å². The Morgan fingerprint density at radius 1 is 1.53 bits per heavy atom. The number of rotatable bonds is 5. The number of aryl methyl sites for hydroxylation is 1. The van der Waals surface area contributed by atoms with Gasteiger partial charge in [-0.2, -0.15) is 5.10 Å². The van der Waals surface area contributed by atoms with Gasteiger partial charge in [-0.25, -0.2) is 0 Å². The monoisotopic (exact) mass is 210 g/mol. The summed E-state index contributed by atoms with van der Waals surface area (Å²) in [7, 11) is 0. The molecule has 5 nitrogen and oxygen atoms in total. The molecule has 0 amide bonds. The van der Waals surface area contributed by atoms with Crippen LogP contribution >= 0.6 is 0 Å². The fourth-order valence-electron chi connectivity index (χ4n) is 1.16. The number of nitrogens with zero attached hydrogens (tertiary/aromatic N) is 2. The molecule has 0 unspecified atom stereocenters. The van der Waals surface area contributed by atoms with E-state index in [0.29, 0.717) is 6.61 Å². The molecule has 0 atom stereocenters. The van der Waals surface area contributed by atoms with Gasteiger partial charge in [0.15, 0.2) is 5.78 Å². The van der Waals surface area contributed by atoms with Crippen LogP contribution in [-0.4, -0.2) is 28.1 Å². The summed E-state index contributed by atoms with van der Waals surface area (Å²) in [5, 5.41) is 3.95. The fraction of sp³-hybridized carbons (Fsp3) is 0.500. The molecule has 5 heteroatoms. The van der Waals surface area contributed by atoms with Crippen LogP contribution in [0.4, 0.5) is 0 Å². The molecular weight excluding hydrogens is 196 g/mol. The van der Waals surface area contributed by atoms with Gasteiger partial charge in [-0.15, -0.1) is 0 Å². The maximum Gasteiger partial charge on any atom is 0.313 e. The minimum absolute atomic E-state index is 0.118. The van der Waals surface area contributed by atoms with Crippen molar-refractivity contribution >= 4 is 11.8 Å². The van der Waals surface area contributed by atoms with Crippen molar-refractivity contribution in [3.63, 3.8) is 0 Å². The van der Waals surface area contributed by atoms with Crippen molar-refractivity contribution < 1.29 is 14.3 Å². The normalized spacial score (nSPS) is 10.0. The van der Waals surface area contributed by atoms with Crippen molar-refractivity contribution in [2.24, 2.45) is 0 Å². The second kappa shape index (κ2) is 5.29. The molecule has 0 aliphatic carbocycles. The molecule has 1 rings (SSSR count). The molecule has 1 aromatic rings. The van der Waals surface area contributed by atoms with E-state index in [1.54, 1.807) is 19.3 Å². The third-order valence-corrected chi connectivity index (χ3v) is 1.75. The molecule has 0 aliphatic heterocycles. The molecule has 82 valence electrons. The smallest absolute Gasteiger partial charge is 0.313 e. The van der Waals surface area contributed by atoms with Gasteiger partial charge in [-0.3, -0.25) is 14.3 Å². The predicted octanol–water partition coefficient (Wildman–Crippen LogP) is 0.714. The average molecular weight is 210 g/mol. The van der Waals surface area contributed by atoms with Crippen LogP contribution in [0.5, 0.6) is 0 Å². The lowest BCUT2D eigenvalue weighted by atomic mass is 10.3. The van der Waals surface area contributed by atoms with Gasteiger partial charge in [-0.1, -0.05) is 0 Å². The molecule has 1 aromatic heterocycles. The molecule has 0 bridgehead atoms. The van der Waals surface area contributed by atoms with Gasteiger partial charge in [0.1, 0.15) is 13.0 Å². The first-order valence-electron chi connectivity index (χ1n) is 4.78. The Bertz CT molecular complexity index is 357. The van der Waals surface area contributed by atoms with Crippen LogP contribution in [0.1, 0.15) is 18.9 Å². The van der Waals surface area contributed by atoms with Crippen LogP contribution < -0.4 is 0 Å². The Morgan fingerprint density at radius 2 is 2.27 bits per heavy atom. The number of hydrogen-bond acceptors (Lipinski definition) is 4. The molecule has 1 heterocycles.